The van der Waals surface area contributed by atoms with E-state index >= 15 is 0 Å². The van der Waals surface area contributed by atoms with Crippen LogP contribution in [0.5, 0.6) is 0 Å². The lowest BCUT2D eigenvalue weighted by molar-refractivity contribution is -0.117. The molecule has 0 amide bonds. The monoisotopic (exact) mass is 178 g/mol. The third kappa shape index (κ3) is 22.7. The molecule has 0 spiro atoms. The van der Waals surface area contributed by atoms with Gasteiger partial charge < -0.3 is 15.3 Å². The largest absolute Gasteiger partial charge is 0.396 e. The van der Waals surface area contributed by atoms with Crippen LogP contribution in [0, 0.1) is 0 Å². The van der Waals surface area contributed by atoms with Crippen molar-refractivity contribution in [3.05, 3.63) is 0 Å². The fourth-order valence-corrected chi connectivity index (χ4v) is 0.344. The van der Waals surface area contributed by atoms with E-state index in [0.29, 0.717) is 12.8 Å². The van der Waals surface area contributed by atoms with Crippen molar-refractivity contribution in [2.75, 3.05) is 13.2 Å². The van der Waals surface area contributed by atoms with Crippen molar-refractivity contribution in [3.8, 4) is 0 Å². The number of aliphatic hydroxyl groups is 3. The molecular weight excluding hydrogens is 160 g/mol. The number of ketones is 1. The molecule has 0 aliphatic rings. The van der Waals surface area contributed by atoms with Gasteiger partial charge in [-0.15, -0.1) is 0 Å². The van der Waals surface area contributed by atoms with Crippen LogP contribution >= 0.6 is 0 Å². The molecule has 0 saturated carbocycles. The van der Waals surface area contributed by atoms with Crippen LogP contribution in [0.3, 0.4) is 0 Å². The van der Waals surface area contributed by atoms with E-state index in [2.05, 4.69) is 0 Å². The molecule has 0 aromatic carbocycles. The highest BCUT2D eigenvalue weighted by Gasteiger charge is 1.88. The van der Waals surface area contributed by atoms with Crippen molar-refractivity contribution in [2.45, 2.75) is 32.8 Å². The summed E-state index contributed by atoms with van der Waals surface area (Å²) < 4.78 is 0. The first kappa shape index (κ1) is 14.1. The molecule has 0 radical (unpaired) electrons. The van der Waals surface area contributed by atoms with E-state index in [9.17, 15) is 4.79 Å². The summed E-state index contributed by atoms with van der Waals surface area (Å²) in [5, 5.41) is 24.5. The second kappa shape index (κ2) is 10.6. The van der Waals surface area contributed by atoms with Crippen molar-refractivity contribution in [2.24, 2.45) is 0 Å². The highest BCUT2D eigenvalue weighted by Crippen LogP contribution is 1.83. The van der Waals surface area contributed by atoms with Gasteiger partial charge in [0.1, 0.15) is 5.78 Å². The molecule has 4 heteroatoms. The summed E-state index contributed by atoms with van der Waals surface area (Å²) in [5.41, 5.74) is 0. The molecule has 0 rings (SSSR count). The van der Waals surface area contributed by atoms with Crippen molar-refractivity contribution in [3.63, 3.8) is 0 Å². The zero-order chi connectivity index (χ0) is 9.98. The lowest BCUT2D eigenvalue weighted by Crippen LogP contribution is -2.00. The zero-order valence-electron chi connectivity index (χ0n) is 7.66. The smallest absolute Gasteiger partial charge is 0.132 e. The van der Waals surface area contributed by atoms with E-state index < -0.39 is 0 Å². The number of Topliss-reactive ketones (excluding diaryl/α,β-unsaturated/α-hetero) is 1. The summed E-state index contributed by atoms with van der Waals surface area (Å²) in [5.74, 6) is 0.0394. The van der Waals surface area contributed by atoms with Crippen molar-refractivity contribution in [1.29, 1.82) is 0 Å². The van der Waals surface area contributed by atoms with Crippen LogP contribution in [0.15, 0.2) is 0 Å². The quantitative estimate of drug-likeness (QED) is 0.552. The average Bonchev–Trinajstić information content (AvgIpc) is 1.87. The number of rotatable bonds is 4. The Labute approximate surface area is 72.8 Å². The Kier molecular flexibility index (Phi) is 12.4. The maximum Gasteiger partial charge on any atom is 0.132 e. The summed E-state index contributed by atoms with van der Waals surface area (Å²) in [4.78, 5) is 9.88. The van der Waals surface area contributed by atoms with Crippen LogP contribution < -0.4 is 0 Å². The molecule has 3 N–H and O–H groups in total. The van der Waals surface area contributed by atoms with Gasteiger partial charge >= 0.3 is 0 Å². The van der Waals surface area contributed by atoms with Crippen molar-refractivity contribution in [1.82, 2.24) is 0 Å². The average molecular weight is 178 g/mol. The van der Waals surface area contributed by atoms with Crippen LogP contribution in [0.1, 0.15) is 26.7 Å². The summed E-state index contributed by atoms with van der Waals surface area (Å²) in [6, 6.07) is 0. The molecular formula is C8H18O4. The number of aliphatic hydroxyl groups excluding tert-OH is 3. The van der Waals surface area contributed by atoms with E-state index in [1.165, 1.54) is 6.92 Å². The summed E-state index contributed by atoms with van der Waals surface area (Å²) in [6.45, 7) is 3.17. The van der Waals surface area contributed by atoms with Gasteiger partial charge in [0.15, 0.2) is 0 Å². The van der Waals surface area contributed by atoms with E-state index in [0.717, 1.165) is 0 Å². The first-order chi connectivity index (χ1) is 5.54. The normalized spacial score (nSPS) is 11.4. The van der Waals surface area contributed by atoms with Crippen molar-refractivity contribution >= 4 is 5.78 Å². The van der Waals surface area contributed by atoms with Gasteiger partial charge in [-0.3, -0.25) is 4.79 Å². The van der Waals surface area contributed by atoms with Gasteiger partial charge in [-0.05, 0) is 20.3 Å². The molecule has 0 bridgehead atoms. The SMILES string of the molecule is CC(=O)CCO.CC(O)CCO. The fraction of sp³-hybridized carbons (Fsp3) is 0.875. The minimum absolute atomic E-state index is 0.0185. The van der Waals surface area contributed by atoms with Gasteiger partial charge in [-0.25, -0.2) is 0 Å². The molecule has 0 aliphatic heterocycles. The van der Waals surface area contributed by atoms with Crippen LogP contribution in [-0.2, 0) is 4.79 Å². The third-order valence-electron chi connectivity index (χ3n) is 1.01. The van der Waals surface area contributed by atoms with Gasteiger partial charge in [-0.2, -0.15) is 0 Å². The van der Waals surface area contributed by atoms with E-state index in [4.69, 9.17) is 15.3 Å². The Balaban J connectivity index is 0. The van der Waals surface area contributed by atoms with Crippen molar-refractivity contribution < 1.29 is 20.1 Å². The Morgan fingerprint density at radius 3 is 1.83 bits per heavy atom. The van der Waals surface area contributed by atoms with E-state index in [1.54, 1.807) is 6.92 Å². The molecule has 0 aliphatic carbocycles. The lowest BCUT2D eigenvalue weighted by Gasteiger charge is -1.95. The summed E-state index contributed by atoms with van der Waals surface area (Å²) >= 11 is 0. The maximum absolute atomic E-state index is 9.88. The van der Waals surface area contributed by atoms with Crippen LogP contribution in [0.4, 0.5) is 0 Å². The molecule has 12 heavy (non-hydrogen) atoms. The van der Waals surface area contributed by atoms with Gasteiger partial charge in [-0.1, -0.05) is 0 Å². The molecule has 74 valence electrons. The van der Waals surface area contributed by atoms with Crippen LogP contribution in [0.2, 0.25) is 0 Å². The Morgan fingerprint density at radius 1 is 1.33 bits per heavy atom. The molecule has 1 unspecified atom stereocenters. The minimum atomic E-state index is -0.352. The highest BCUT2D eigenvalue weighted by atomic mass is 16.3. The topological polar surface area (TPSA) is 77.8 Å². The Morgan fingerprint density at radius 2 is 1.83 bits per heavy atom. The van der Waals surface area contributed by atoms with Gasteiger partial charge in [0, 0.05) is 19.6 Å². The lowest BCUT2D eigenvalue weighted by atomic mass is 10.3. The number of hydrogen-bond acceptors (Lipinski definition) is 4. The molecule has 0 fully saturated rings. The molecule has 1 atom stereocenters. The molecule has 0 aromatic rings. The fourth-order valence-electron chi connectivity index (χ4n) is 0.344. The Bertz CT molecular complexity index is 101. The van der Waals surface area contributed by atoms with Gasteiger partial charge in [0.05, 0.1) is 6.10 Å². The van der Waals surface area contributed by atoms with Gasteiger partial charge in [0.2, 0.25) is 0 Å². The predicted molar refractivity (Wildman–Crippen MR) is 45.8 cm³/mol. The zero-order valence-corrected chi connectivity index (χ0v) is 7.66. The number of carbonyl (C=O) groups is 1. The highest BCUT2D eigenvalue weighted by molar-refractivity contribution is 5.75. The standard InChI is InChI=1S/C4H10O2.C4H8O2/c2*1-4(6)2-3-5/h4-6H,2-3H2,1H3;5H,2-3H2,1H3. The molecule has 0 saturated heterocycles. The van der Waals surface area contributed by atoms with E-state index in [-0.39, 0.29) is 25.1 Å². The third-order valence-corrected chi connectivity index (χ3v) is 1.01. The Hall–Kier alpha value is -0.450. The molecule has 4 nitrogen and oxygen atoms in total. The number of hydrogen-bond donors (Lipinski definition) is 3. The summed E-state index contributed by atoms with van der Waals surface area (Å²) in [6.07, 6.45) is 0.426. The van der Waals surface area contributed by atoms with Crippen LogP contribution in [0.25, 0.3) is 0 Å². The molecule has 0 heterocycles. The second-order valence-electron chi connectivity index (χ2n) is 2.54. The van der Waals surface area contributed by atoms with E-state index in [1.807, 2.05) is 0 Å². The van der Waals surface area contributed by atoms with Crippen LogP contribution in [-0.4, -0.2) is 40.4 Å². The van der Waals surface area contributed by atoms with Gasteiger partial charge in [0.25, 0.3) is 0 Å². The number of carbonyl (C=O) groups excluding carboxylic acids is 1. The minimum Gasteiger partial charge on any atom is -0.396 e. The molecule has 0 aromatic heterocycles. The second-order valence-corrected chi connectivity index (χ2v) is 2.54. The first-order valence-corrected chi connectivity index (χ1v) is 3.93. The first-order valence-electron chi connectivity index (χ1n) is 3.93. The maximum atomic E-state index is 9.88. The summed E-state index contributed by atoms with van der Waals surface area (Å²) in [7, 11) is 0. The predicted octanol–water partition coefficient (Wildman–Crippen LogP) is -0.293.